The Morgan fingerprint density at radius 3 is 2.67 bits per heavy atom. The van der Waals surface area contributed by atoms with Crippen LogP contribution in [-0.2, 0) is 11.8 Å². The highest BCUT2D eigenvalue weighted by Crippen LogP contribution is 2.50. The Kier molecular flexibility index (Phi) is 4.89. The molecule has 0 bridgehead atoms. The Hall–Kier alpha value is -2.96. The van der Waals surface area contributed by atoms with E-state index in [0.29, 0.717) is 5.13 Å². The number of aryl methyl sites for hydroxylation is 1. The topological polar surface area (TPSA) is 59.8 Å². The Morgan fingerprint density at radius 2 is 1.93 bits per heavy atom. The first kappa shape index (κ1) is 19.0. The van der Waals surface area contributed by atoms with Crippen molar-refractivity contribution in [1.82, 2.24) is 14.5 Å². The van der Waals surface area contributed by atoms with Crippen molar-refractivity contribution in [3.63, 3.8) is 0 Å². The molecule has 0 unspecified atom stereocenters. The Bertz CT molecular complexity index is 1220. The van der Waals surface area contributed by atoms with Gasteiger partial charge in [0.2, 0.25) is 5.91 Å². The minimum absolute atomic E-state index is 0.0142. The van der Waals surface area contributed by atoms with Gasteiger partial charge in [-0.2, -0.15) is 0 Å². The van der Waals surface area contributed by atoms with Gasteiger partial charge in [-0.15, -0.1) is 0 Å². The zero-order valence-electron chi connectivity index (χ0n) is 16.2. The molecule has 150 valence electrons. The van der Waals surface area contributed by atoms with Gasteiger partial charge in [0.1, 0.15) is 0 Å². The normalized spacial score (nSPS) is 17.7. The van der Waals surface area contributed by atoms with Gasteiger partial charge in [-0.1, -0.05) is 71.5 Å². The molecule has 2 heterocycles. The fourth-order valence-electron chi connectivity index (χ4n) is 3.70. The van der Waals surface area contributed by atoms with Crippen LogP contribution in [0, 0.1) is 5.92 Å². The molecule has 0 spiro atoms. The molecule has 1 amide bonds. The quantitative estimate of drug-likeness (QED) is 0.444. The van der Waals surface area contributed by atoms with Gasteiger partial charge in [-0.3, -0.25) is 4.79 Å². The van der Waals surface area contributed by atoms with Crippen LogP contribution in [0.1, 0.15) is 17.9 Å². The standard InChI is InChI=1S/C23H19ClN4OS/c1-28-12-11-25-21(28)20-19(14-7-3-2-4-8-14)26-23(30-20)27-22(29)17-13-16(17)15-9-5-6-10-18(15)24/h2-12,16-17H,13H2,1H3,(H,26,27,29)/t16-,17-/m0/s1. The van der Waals surface area contributed by atoms with Crippen LogP contribution in [-0.4, -0.2) is 20.4 Å². The van der Waals surface area contributed by atoms with E-state index >= 15 is 0 Å². The lowest BCUT2D eigenvalue weighted by molar-refractivity contribution is -0.117. The van der Waals surface area contributed by atoms with Crippen LogP contribution in [0.25, 0.3) is 22.0 Å². The van der Waals surface area contributed by atoms with Crippen LogP contribution >= 0.6 is 22.9 Å². The van der Waals surface area contributed by atoms with Gasteiger partial charge in [-0.05, 0) is 24.0 Å². The molecule has 7 heteroatoms. The first-order chi connectivity index (χ1) is 14.6. The lowest BCUT2D eigenvalue weighted by Crippen LogP contribution is -2.14. The first-order valence-electron chi connectivity index (χ1n) is 9.71. The summed E-state index contributed by atoms with van der Waals surface area (Å²) >= 11 is 7.75. The average molecular weight is 435 g/mol. The van der Waals surface area contributed by atoms with Crippen LogP contribution in [0.4, 0.5) is 5.13 Å². The second-order valence-electron chi connectivity index (χ2n) is 7.38. The van der Waals surface area contributed by atoms with Gasteiger partial charge in [0.05, 0.1) is 10.6 Å². The molecule has 30 heavy (non-hydrogen) atoms. The molecule has 2 aromatic carbocycles. The summed E-state index contributed by atoms with van der Waals surface area (Å²) in [5.41, 5.74) is 2.85. The average Bonchev–Trinajstić information content (AvgIpc) is 3.27. The number of anilines is 1. The first-order valence-corrected chi connectivity index (χ1v) is 10.9. The number of imidazole rings is 1. The Balaban J connectivity index is 1.42. The summed E-state index contributed by atoms with van der Waals surface area (Å²) in [5, 5.41) is 4.33. The van der Waals surface area contributed by atoms with Crippen molar-refractivity contribution >= 4 is 34.0 Å². The van der Waals surface area contributed by atoms with E-state index in [1.165, 1.54) is 11.3 Å². The van der Waals surface area contributed by atoms with Gasteiger partial charge in [0.25, 0.3) is 0 Å². The van der Waals surface area contributed by atoms with E-state index in [0.717, 1.165) is 39.0 Å². The number of hydrogen-bond donors (Lipinski definition) is 1. The van der Waals surface area contributed by atoms with Crippen LogP contribution in [0.15, 0.2) is 67.0 Å². The van der Waals surface area contributed by atoms with E-state index in [2.05, 4.69) is 10.3 Å². The number of halogens is 1. The zero-order valence-corrected chi connectivity index (χ0v) is 17.8. The van der Waals surface area contributed by atoms with Crippen molar-refractivity contribution in [3.8, 4) is 22.0 Å². The number of aromatic nitrogens is 3. The number of carbonyl (C=O) groups is 1. The predicted molar refractivity (Wildman–Crippen MR) is 121 cm³/mol. The molecule has 0 aliphatic heterocycles. The van der Waals surface area contributed by atoms with Gasteiger partial charge in [-0.25, -0.2) is 9.97 Å². The van der Waals surface area contributed by atoms with E-state index in [9.17, 15) is 4.79 Å². The third kappa shape index (κ3) is 3.53. The minimum atomic E-state index is -0.0782. The molecule has 5 nitrogen and oxygen atoms in total. The van der Waals surface area contributed by atoms with Gasteiger partial charge in [0.15, 0.2) is 11.0 Å². The van der Waals surface area contributed by atoms with Crippen LogP contribution in [0.2, 0.25) is 5.02 Å². The molecule has 0 saturated heterocycles. The van der Waals surface area contributed by atoms with Gasteiger partial charge < -0.3 is 9.88 Å². The fraction of sp³-hybridized carbons (Fsp3) is 0.174. The number of amides is 1. The van der Waals surface area contributed by atoms with E-state index in [1.807, 2.05) is 72.4 Å². The smallest absolute Gasteiger partial charge is 0.229 e. The molecule has 1 aliphatic rings. The van der Waals surface area contributed by atoms with Crippen molar-refractivity contribution in [2.24, 2.45) is 13.0 Å². The lowest BCUT2D eigenvalue weighted by Gasteiger charge is -2.03. The number of hydrogen-bond acceptors (Lipinski definition) is 4. The van der Waals surface area contributed by atoms with Crippen LogP contribution in [0.3, 0.4) is 0 Å². The van der Waals surface area contributed by atoms with Crippen LogP contribution in [0.5, 0.6) is 0 Å². The fourth-order valence-corrected chi connectivity index (χ4v) is 5.01. The SMILES string of the molecule is Cn1ccnc1-c1sc(NC(=O)[C@H]2C[C@H]2c2ccccc2Cl)nc1-c1ccccc1. The molecule has 1 aliphatic carbocycles. The predicted octanol–water partition coefficient (Wildman–Crippen LogP) is 5.61. The van der Waals surface area contributed by atoms with Gasteiger partial charge >= 0.3 is 0 Å². The Labute approximate surface area is 183 Å². The molecule has 1 fully saturated rings. The third-order valence-corrected chi connectivity index (χ3v) is 6.67. The number of thiazole rings is 1. The molecular weight excluding hydrogens is 416 g/mol. The highest BCUT2D eigenvalue weighted by Gasteiger charge is 2.45. The largest absolute Gasteiger partial charge is 0.333 e. The second-order valence-corrected chi connectivity index (χ2v) is 8.79. The maximum absolute atomic E-state index is 12.9. The molecule has 1 saturated carbocycles. The number of rotatable bonds is 5. The van der Waals surface area contributed by atoms with E-state index in [1.54, 1.807) is 6.20 Å². The molecule has 1 N–H and O–H groups in total. The molecule has 2 atom stereocenters. The summed E-state index contributed by atoms with van der Waals surface area (Å²) in [6, 6.07) is 17.7. The Morgan fingerprint density at radius 1 is 1.17 bits per heavy atom. The van der Waals surface area contributed by atoms with Crippen molar-refractivity contribution in [2.45, 2.75) is 12.3 Å². The van der Waals surface area contributed by atoms with E-state index in [-0.39, 0.29) is 17.7 Å². The summed E-state index contributed by atoms with van der Waals surface area (Å²) in [5.74, 6) is 0.902. The summed E-state index contributed by atoms with van der Waals surface area (Å²) in [6.07, 6.45) is 4.47. The molecular formula is C23H19ClN4OS. The van der Waals surface area contributed by atoms with E-state index in [4.69, 9.17) is 16.6 Å². The molecule has 0 radical (unpaired) electrons. The molecule has 2 aromatic heterocycles. The van der Waals surface area contributed by atoms with Crippen molar-refractivity contribution in [3.05, 3.63) is 77.6 Å². The second kappa shape index (κ2) is 7.70. The summed E-state index contributed by atoms with van der Waals surface area (Å²) in [6.45, 7) is 0. The number of benzene rings is 2. The third-order valence-electron chi connectivity index (χ3n) is 5.36. The maximum atomic E-state index is 12.9. The van der Waals surface area contributed by atoms with Crippen molar-refractivity contribution < 1.29 is 4.79 Å². The molecule has 5 rings (SSSR count). The highest BCUT2D eigenvalue weighted by atomic mass is 35.5. The summed E-state index contributed by atoms with van der Waals surface area (Å²) in [7, 11) is 1.95. The number of nitrogens with one attached hydrogen (secondary N) is 1. The van der Waals surface area contributed by atoms with Crippen LogP contribution < -0.4 is 5.32 Å². The van der Waals surface area contributed by atoms with Gasteiger partial charge in [0, 0.05) is 35.9 Å². The van der Waals surface area contributed by atoms with Crippen molar-refractivity contribution in [2.75, 3.05) is 5.32 Å². The summed E-state index contributed by atoms with van der Waals surface area (Å²) < 4.78 is 1.96. The lowest BCUT2D eigenvalue weighted by atomic mass is 10.1. The maximum Gasteiger partial charge on any atom is 0.229 e. The number of nitrogens with zero attached hydrogens (tertiary/aromatic N) is 3. The number of carbonyl (C=O) groups excluding carboxylic acids is 1. The minimum Gasteiger partial charge on any atom is -0.333 e. The van der Waals surface area contributed by atoms with E-state index < -0.39 is 0 Å². The molecule has 4 aromatic rings. The highest BCUT2D eigenvalue weighted by molar-refractivity contribution is 7.19. The van der Waals surface area contributed by atoms with Crippen molar-refractivity contribution in [1.29, 1.82) is 0 Å². The monoisotopic (exact) mass is 434 g/mol. The zero-order chi connectivity index (χ0) is 20.7. The summed E-state index contributed by atoms with van der Waals surface area (Å²) in [4.78, 5) is 23.0.